The highest BCUT2D eigenvalue weighted by Gasteiger charge is 2.13. The van der Waals surface area contributed by atoms with Gasteiger partial charge in [0.15, 0.2) is 5.13 Å². The number of benzene rings is 1. The third-order valence-electron chi connectivity index (χ3n) is 2.51. The van der Waals surface area contributed by atoms with E-state index in [1.807, 2.05) is 6.07 Å². The van der Waals surface area contributed by atoms with Gasteiger partial charge in [0.1, 0.15) is 11.3 Å². The first-order chi connectivity index (χ1) is 9.11. The molecule has 0 aliphatic heterocycles. The molecule has 2 aromatic rings. The largest absolute Gasteiger partial charge is 0.351 e. The second kappa shape index (κ2) is 5.79. The Bertz CT molecular complexity index is 611. The van der Waals surface area contributed by atoms with Crippen molar-refractivity contribution in [1.29, 1.82) is 0 Å². The Morgan fingerprint density at radius 1 is 1.63 bits per heavy atom. The highest BCUT2D eigenvalue weighted by atomic mass is 32.1. The number of fused-ring (bicyclic) bond motifs is 1. The molecular formula is C13H14FN3OS. The summed E-state index contributed by atoms with van der Waals surface area (Å²) in [5, 5.41) is 3.30. The average molecular weight is 279 g/mol. The van der Waals surface area contributed by atoms with Crippen molar-refractivity contribution >= 4 is 32.6 Å². The molecule has 0 fully saturated rings. The van der Waals surface area contributed by atoms with Gasteiger partial charge in [-0.25, -0.2) is 9.37 Å². The van der Waals surface area contributed by atoms with Crippen LogP contribution in [0.3, 0.4) is 0 Å². The predicted molar refractivity (Wildman–Crippen MR) is 76.1 cm³/mol. The lowest BCUT2D eigenvalue weighted by atomic mass is 10.3. The van der Waals surface area contributed by atoms with Crippen molar-refractivity contribution in [3.8, 4) is 0 Å². The Labute approximate surface area is 114 Å². The first-order valence-electron chi connectivity index (χ1n) is 5.75. The van der Waals surface area contributed by atoms with Crippen molar-refractivity contribution < 1.29 is 9.18 Å². The molecule has 0 atom stereocenters. The zero-order valence-electron chi connectivity index (χ0n) is 10.5. The van der Waals surface area contributed by atoms with Crippen LogP contribution >= 0.6 is 11.3 Å². The van der Waals surface area contributed by atoms with Gasteiger partial charge in [-0.1, -0.05) is 23.5 Å². The van der Waals surface area contributed by atoms with E-state index in [9.17, 15) is 9.18 Å². The van der Waals surface area contributed by atoms with Crippen LogP contribution in [-0.2, 0) is 4.79 Å². The van der Waals surface area contributed by atoms with Gasteiger partial charge in [-0.3, -0.25) is 4.79 Å². The maximum Gasteiger partial charge on any atom is 0.239 e. The predicted octanol–water partition coefficient (Wildman–Crippen LogP) is 2.17. The number of thiazole rings is 1. The summed E-state index contributed by atoms with van der Waals surface area (Å²) in [6.07, 6.45) is 1.62. The third kappa shape index (κ3) is 3.08. The highest BCUT2D eigenvalue weighted by Crippen LogP contribution is 2.29. The summed E-state index contributed by atoms with van der Waals surface area (Å²) in [6.45, 7) is 4.14. The number of hydrogen-bond acceptors (Lipinski definition) is 4. The lowest BCUT2D eigenvalue weighted by molar-refractivity contribution is -0.119. The summed E-state index contributed by atoms with van der Waals surface area (Å²) in [5.41, 5.74) is 0.348. The Morgan fingerprint density at radius 2 is 2.42 bits per heavy atom. The molecule has 0 unspecified atom stereocenters. The molecule has 1 N–H and O–H groups in total. The quantitative estimate of drug-likeness (QED) is 0.853. The summed E-state index contributed by atoms with van der Waals surface area (Å²) in [4.78, 5) is 17.5. The van der Waals surface area contributed by atoms with Gasteiger partial charge in [0.2, 0.25) is 5.91 Å². The van der Waals surface area contributed by atoms with E-state index in [1.54, 1.807) is 24.1 Å². The Balaban J connectivity index is 2.13. The molecule has 1 aromatic carbocycles. The van der Waals surface area contributed by atoms with Gasteiger partial charge in [0.05, 0.1) is 11.2 Å². The van der Waals surface area contributed by atoms with Crippen molar-refractivity contribution in [2.75, 3.05) is 25.0 Å². The van der Waals surface area contributed by atoms with Crippen molar-refractivity contribution in [2.24, 2.45) is 0 Å². The molecule has 0 bridgehead atoms. The zero-order valence-corrected chi connectivity index (χ0v) is 11.3. The summed E-state index contributed by atoms with van der Waals surface area (Å²) >= 11 is 1.36. The molecular weight excluding hydrogens is 265 g/mol. The molecule has 1 amide bonds. The smallest absolute Gasteiger partial charge is 0.239 e. The van der Waals surface area contributed by atoms with Crippen LogP contribution in [0.4, 0.5) is 9.52 Å². The topological polar surface area (TPSA) is 45.2 Å². The molecule has 0 spiro atoms. The molecule has 1 heterocycles. The number of nitrogens with zero attached hydrogens (tertiary/aromatic N) is 2. The Hall–Kier alpha value is -1.95. The van der Waals surface area contributed by atoms with Crippen molar-refractivity contribution in [3.63, 3.8) is 0 Å². The van der Waals surface area contributed by atoms with Gasteiger partial charge in [0.25, 0.3) is 0 Å². The van der Waals surface area contributed by atoms with Crippen LogP contribution in [0.2, 0.25) is 0 Å². The first kappa shape index (κ1) is 13.5. The highest BCUT2D eigenvalue weighted by molar-refractivity contribution is 7.22. The second-order valence-electron chi connectivity index (χ2n) is 4.03. The lowest BCUT2D eigenvalue weighted by Crippen LogP contribution is -2.35. The molecule has 0 aliphatic rings. The molecule has 0 aliphatic carbocycles. The average Bonchev–Trinajstić information content (AvgIpc) is 2.82. The number of anilines is 1. The van der Waals surface area contributed by atoms with Gasteiger partial charge in [-0.15, -0.1) is 6.58 Å². The zero-order chi connectivity index (χ0) is 13.8. The van der Waals surface area contributed by atoms with E-state index in [0.29, 0.717) is 17.2 Å². The normalized spacial score (nSPS) is 10.4. The van der Waals surface area contributed by atoms with Crippen LogP contribution in [0.1, 0.15) is 0 Å². The standard InChI is InChI=1S/C13H14FN3OS/c1-3-7-15-11(18)8-17(2)13-16-12-9(14)5-4-6-10(12)19-13/h3-6H,1,7-8H2,2H3,(H,15,18). The molecule has 4 nitrogen and oxygen atoms in total. The van der Waals surface area contributed by atoms with Crippen molar-refractivity contribution in [2.45, 2.75) is 0 Å². The number of halogens is 1. The van der Waals surface area contributed by atoms with E-state index in [0.717, 1.165) is 4.70 Å². The maximum atomic E-state index is 13.5. The van der Waals surface area contributed by atoms with Crippen molar-refractivity contribution in [1.82, 2.24) is 10.3 Å². The summed E-state index contributed by atoms with van der Waals surface area (Å²) in [6, 6.07) is 4.84. The van der Waals surface area contributed by atoms with E-state index >= 15 is 0 Å². The molecule has 0 saturated heterocycles. The third-order valence-corrected chi connectivity index (χ3v) is 3.64. The maximum absolute atomic E-state index is 13.5. The number of rotatable bonds is 5. The fourth-order valence-corrected chi connectivity index (χ4v) is 2.53. The fraction of sp³-hybridized carbons (Fsp3) is 0.231. The molecule has 0 radical (unpaired) electrons. The van der Waals surface area contributed by atoms with Crippen molar-refractivity contribution in [3.05, 3.63) is 36.7 Å². The first-order valence-corrected chi connectivity index (χ1v) is 6.57. The van der Waals surface area contributed by atoms with Gasteiger partial charge in [-0.2, -0.15) is 0 Å². The number of likely N-dealkylation sites (N-methyl/N-ethyl adjacent to an activating group) is 1. The Kier molecular flexibility index (Phi) is 4.11. The van der Waals surface area contributed by atoms with E-state index < -0.39 is 0 Å². The monoisotopic (exact) mass is 279 g/mol. The SMILES string of the molecule is C=CCNC(=O)CN(C)c1nc2c(F)cccc2s1. The summed E-state index contributed by atoms with van der Waals surface area (Å²) in [7, 11) is 1.75. The number of amides is 1. The molecule has 100 valence electrons. The van der Waals surface area contributed by atoms with Crippen LogP contribution in [0, 0.1) is 5.82 Å². The number of para-hydroxylation sites is 1. The minimum absolute atomic E-state index is 0.123. The molecule has 19 heavy (non-hydrogen) atoms. The van der Waals surface area contributed by atoms with Gasteiger partial charge >= 0.3 is 0 Å². The molecule has 6 heteroatoms. The van der Waals surface area contributed by atoms with E-state index in [1.165, 1.54) is 17.4 Å². The number of carbonyl (C=O) groups excluding carboxylic acids is 1. The minimum atomic E-state index is -0.343. The fourth-order valence-electron chi connectivity index (χ4n) is 1.59. The van der Waals surface area contributed by atoms with E-state index in [2.05, 4.69) is 16.9 Å². The minimum Gasteiger partial charge on any atom is -0.351 e. The summed E-state index contributed by atoms with van der Waals surface area (Å²) < 4.78 is 14.3. The number of carbonyl (C=O) groups is 1. The van der Waals surface area contributed by atoms with Crippen LogP contribution in [0.25, 0.3) is 10.2 Å². The Morgan fingerprint density at radius 3 is 3.11 bits per heavy atom. The van der Waals surface area contributed by atoms with Gasteiger partial charge in [-0.05, 0) is 12.1 Å². The van der Waals surface area contributed by atoms with Crippen LogP contribution in [0.5, 0.6) is 0 Å². The number of nitrogens with one attached hydrogen (secondary N) is 1. The van der Waals surface area contributed by atoms with E-state index in [-0.39, 0.29) is 18.3 Å². The summed E-state index contributed by atoms with van der Waals surface area (Å²) in [5.74, 6) is -0.466. The van der Waals surface area contributed by atoms with E-state index in [4.69, 9.17) is 0 Å². The molecule has 1 aromatic heterocycles. The second-order valence-corrected chi connectivity index (χ2v) is 5.04. The number of aromatic nitrogens is 1. The van der Waals surface area contributed by atoms with Gasteiger partial charge < -0.3 is 10.2 Å². The number of hydrogen-bond donors (Lipinski definition) is 1. The van der Waals surface area contributed by atoms with Crippen LogP contribution < -0.4 is 10.2 Å². The van der Waals surface area contributed by atoms with Crippen LogP contribution in [0.15, 0.2) is 30.9 Å². The lowest BCUT2D eigenvalue weighted by Gasteiger charge is -2.14. The molecule has 2 rings (SSSR count). The van der Waals surface area contributed by atoms with Gasteiger partial charge in [0, 0.05) is 13.6 Å². The molecule has 0 saturated carbocycles. The van der Waals surface area contributed by atoms with Crippen LogP contribution in [-0.4, -0.2) is 31.0 Å².